The molecule has 1 aliphatic heterocycles. The molecule has 0 aromatic carbocycles. The van der Waals surface area contributed by atoms with Gasteiger partial charge >= 0.3 is 6.03 Å². The maximum atomic E-state index is 13.6. The third kappa shape index (κ3) is 2.94. The van der Waals surface area contributed by atoms with Crippen LogP contribution >= 0.6 is 35.0 Å². The molecule has 0 aliphatic carbocycles. The molecule has 0 spiro atoms. The van der Waals surface area contributed by atoms with Crippen LogP contribution in [0.2, 0.25) is 10.2 Å². The smallest absolute Gasteiger partial charge is 0.339 e. The summed E-state index contributed by atoms with van der Waals surface area (Å²) in [5.41, 5.74) is 4.90. The Kier molecular flexibility index (Phi) is 4.62. The molecular weight excluding hydrogens is 328 g/mol. The fourth-order valence-corrected chi connectivity index (χ4v) is 3.34. The second kappa shape index (κ2) is 6.07. The summed E-state index contributed by atoms with van der Waals surface area (Å²) in [4.78, 5) is 30.3. The maximum Gasteiger partial charge on any atom is 0.339 e. The number of amides is 2. The zero-order valence-corrected chi connectivity index (χ0v) is 12.2. The van der Waals surface area contributed by atoms with E-state index in [1.807, 2.05) is 0 Å². The highest BCUT2D eigenvalue weighted by Crippen LogP contribution is 2.33. The minimum absolute atomic E-state index is 0.0850. The fourth-order valence-electron chi connectivity index (χ4n) is 1.77. The van der Waals surface area contributed by atoms with Crippen LogP contribution in [0.1, 0.15) is 16.8 Å². The van der Waals surface area contributed by atoms with E-state index < -0.39 is 28.7 Å². The Morgan fingerprint density at radius 3 is 2.85 bits per heavy atom. The standard InChI is InChI=1S/C11H8Cl2FN3O2S/c12-6-5(3-16-9(13)7(6)14)8(18)4-1-2-20-10(4)17-11(15)19/h3-4H,1-2H2,(H2,15,19). The van der Waals surface area contributed by atoms with Gasteiger partial charge in [-0.05, 0) is 6.42 Å². The molecule has 1 aromatic rings. The summed E-state index contributed by atoms with van der Waals surface area (Å²) >= 11 is 12.5. The van der Waals surface area contributed by atoms with E-state index in [2.05, 4.69) is 9.98 Å². The van der Waals surface area contributed by atoms with Gasteiger partial charge in [-0.3, -0.25) is 4.79 Å². The van der Waals surface area contributed by atoms with E-state index in [1.165, 1.54) is 11.8 Å². The minimum atomic E-state index is -0.946. The van der Waals surface area contributed by atoms with E-state index in [0.29, 0.717) is 17.2 Å². The van der Waals surface area contributed by atoms with E-state index in [9.17, 15) is 14.0 Å². The molecule has 0 saturated carbocycles. The van der Waals surface area contributed by atoms with E-state index >= 15 is 0 Å². The second-order valence-electron chi connectivity index (χ2n) is 3.93. The van der Waals surface area contributed by atoms with Crippen molar-refractivity contribution in [3.05, 3.63) is 27.8 Å². The van der Waals surface area contributed by atoms with Gasteiger partial charge < -0.3 is 5.73 Å². The van der Waals surface area contributed by atoms with Gasteiger partial charge in [-0.2, -0.15) is 4.99 Å². The number of ketones is 1. The molecule has 2 amide bonds. The summed E-state index contributed by atoms with van der Waals surface area (Å²) < 4.78 is 13.6. The Bertz CT molecular complexity index is 624. The van der Waals surface area contributed by atoms with Crippen molar-refractivity contribution in [2.75, 3.05) is 5.75 Å². The van der Waals surface area contributed by atoms with Crippen LogP contribution in [0.15, 0.2) is 11.2 Å². The monoisotopic (exact) mass is 335 g/mol. The molecule has 2 rings (SSSR count). The molecule has 1 fully saturated rings. The van der Waals surface area contributed by atoms with Crippen LogP contribution in [0.4, 0.5) is 9.18 Å². The van der Waals surface area contributed by atoms with Crippen molar-refractivity contribution in [2.24, 2.45) is 16.6 Å². The maximum absolute atomic E-state index is 13.6. The van der Waals surface area contributed by atoms with Crippen LogP contribution < -0.4 is 5.73 Å². The first kappa shape index (κ1) is 15.2. The number of primary amides is 1. The molecule has 5 nitrogen and oxygen atoms in total. The number of aliphatic imine (C=N–C) groups is 1. The highest BCUT2D eigenvalue weighted by molar-refractivity contribution is 8.14. The predicted octanol–water partition coefficient (Wildman–Crippen LogP) is 2.94. The Balaban J connectivity index is 2.37. The van der Waals surface area contributed by atoms with Crippen molar-refractivity contribution in [1.82, 2.24) is 4.98 Å². The molecule has 2 N–H and O–H groups in total. The summed E-state index contributed by atoms with van der Waals surface area (Å²) in [6, 6.07) is -0.876. The lowest BCUT2D eigenvalue weighted by atomic mass is 9.97. The third-order valence-electron chi connectivity index (χ3n) is 2.67. The van der Waals surface area contributed by atoms with Gasteiger partial charge in [-0.1, -0.05) is 23.2 Å². The first-order valence-corrected chi connectivity index (χ1v) is 7.20. The first-order valence-electron chi connectivity index (χ1n) is 5.46. The normalized spacial score (nSPS) is 20.4. The molecule has 1 saturated heterocycles. The number of halogens is 3. The number of carbonyl (C=O) groups excluding carboxylic acids is 2. The highest BCUT2D eigenvalue weighted by atomic mass is 35.5. The topological polar surface area (TPSA) is 85.4 Å². The number of nitrogens with zero attached hydrogens (tertiary/aromatic N) is 2. The molecule has 0 radical (unpaired) electrons. The zero-order valence-electron chi connectivity index (χ0n) is 9.90. The Morgan fingerprint density at radius 1 is 1.50 bits per heavy atom. The molecule has 1 aliphatic rings. The summed E-state index contributed by atoms with van der Waals surface area (Å²) in [6.45, 7) is 0. The van der Waals surface area contributed by atoms with E-state index in [4.69, 9.17) is 28.9 Å². The summed E-state index contributed by atoms with van der Waals surface area (Å²) in [7, 11) is 0. The van der Waals surface area contributed by atoms with Crippen molar-refractivity contribution in [2.45, 2.75) is 6.42 Å². The van der Waals surface area contributed by atoms with E-state index in [-0.39, 0.29) is 10.6 Å². The molecule has 2 heterocycles. The lowest BCUT2D eigenvalue weighted by Gasteiger charge is -2.10. The van der Waals surface area contributed by atoms with Crippen molar-refractivity contribution in [3.63, 3.8) is 0 Å². The number of aromatic nitrogens is 1. The van der Waals surface area contributed by atoms with E-state index in [0.717, 1.165) is 6.20 Å². The van der Waals surface area contributed by atoms with Crippen LogP contribution in [0, 0.1) is 11.7 Å². The van der Waals surface area contributed by atoms with Crippen LogP contribution in [-0.4, -0.2) is 27.6 Å². The first-order chi connectivity index (χ1) is 9.41. The number of rotatable bonds is 2. The average molecular weight is 336 g/mol. The third-order valence-corrected chi connectivity index (χ3v) is 4.42. The van der Waals surface area contributed by atoms with Crippen molar-refractivity contribution >= 4 is 51.8 Å². The van der Waals surface area contributed by atoms with Crippen molar-refractivity contribution in [3.8, 4) is 0 Å². The zero-order chi connectivity index (χ0) is 14.9. The van der Waals surface area contributed by atoms with E-state index in [1.54, 1.807) is 0 Å². The lowest BCUT2D eigenvalue weighted by molar-refractivity contribution is 0.0955. The quantitative estimate of drug-likeness (QED) is 0.665. The number of pyridine rings is 1. The lowest BCUT2D eigenvalue weighted by Crippen LogP contribution is -2.21. The Labute approximate surface area is 127 Å². The van der Waals surface area contributed by atoms with Gasteiger partial charge in [-0.15, -0.1) is 11.8 Å². The van der Waals surface area contributed by atoms with Gasteiger partial charge in [0.2, 0.25) is 0 Å². The van der Waals surface area contributed by atoms with Gasteiger partial charge in [-0.25, -0.2) is 14.2 Å². The molecule has 0 bridgehead atoms. The molecule has 1 unspecified atom stereocenters. The molecule has 20 heavy (non-hydrogen) atoms. The SMILES string of the molecule is NC(=O)N=C1SCCC1C(=O)c1cnc(Cl)c(F)c1Cl. The number of Topliss-reactive ketones (excluding diaryl/α,β-unsaturated/α-hetero) is 1. The van der Waals surface area contributed by atoms with Crippen LogP contribution in [-0.2, 0) is 0 Å². The minimum Gasteiger partial charge on any atom is -0.350 e. The molecule has 1 aromatic heterocycles. The summed E-state index contributed by atoms with van der Waals surface area (Å²) in [5.74, 6) is -1.45. The molecule has 106 valence electrons. The van der Waals surface area contributed by atoms with Gasteiger partial charge in [0, 0.05) is 11.9 Å². The number of urea groups is 1. The molecular formula is C11H8Cl2FN3O2S. The van der Waals surface area contributed by atoms with Crippen LogP contribution in [0.5, 0.6) is 0 Å². The van der Waals surface area contributed by atoms with Gasteiger partial charge in [0.05, 0.1) is 21.5 Å². The largest absolute Gasteiger partial charge is 0.350 e. The molecule has 1 atom stereocenters. The summed E-state index contributed by atoms with van der Waals surface area (Å²) in [6.07, 6.45) is 1.58. The Hall–Kier alpha value is -1.18. The predicted molar refractivity (Wildman–Crippen MR) is 76.1 cm³/mol. The fraction of sp³-hybridized carbons (Fsp3) is 0.273. The number of nitrogens with two attached hydrogens (primary N) is 1. The summed E-state index contributed by atoms with van der Waals surface area (Å²) in [5, 5.41) is -0.474. The molecule has 9 heteroatoms. The van der Waals surface area contributed by atoms with Crippen molar-refractivity contribution < 1.29 is 14.0 Å². The number of hydrogen-bond donors (Lipinski definition) is 1. The average Bonchev–Trinajstić information content (AvgIpc) is 2.82. The van der Waals surface area contributed by atoms with Crippen molar-refractivity contribution in [1.29, 1.82) is 0 Å². The number of thioether (sulfide) groups is 1. The van der Waals surface area contributed by atoms with Gasteiger partial charge in [0.15, 0.2) is 16.8 Å². The van der Waals surface area contributed by atoms with Gasteiger partial charge in [0.1, 0.15) is 0 Å². The number of carbonyl (C=O) groups is 2. The number of hydrogen-bond acceptors (Lipinski definition) is 4. The van der Waals surface area contributed by atoms with Crippen LogP contribution in [0.3, 0.4) is 0 Å². The highest BCUT2D eigenvalue weighted by Gasteiger charge is 2.33. The second-order valence-corrected chi connectivity index (χ2v) is 5.78. The Morgan fingerprint density at radius 2 is 2.20 bits per heavy atom. The van der Waals surface area contributed by atoms with Gasteiger partial charge in [0.25, 0.3) is 0 Å². The van der Waals surface area contributed by atoms with Crippen LogP contribution in [0.25, 0.3) is 0 Å².